The number of amides is 1. The molecular formula is C13H16Br2N2O3. The van der Waals surface area contributed by atoms with Gasteiger partial charge in [-0.15, -0.1) is 0 Å². The number of ether oxygens (including phenoxy) is 1. The predicted molar refractivity (Wildman–Crippen MR) is 84.8 cm³/mol. The number of hydrogen-bond donors (Lipinski definition) is 0. The van der Waals surface area contributed by atoms with Crippen molar-refractivity contribution in [3.05, 3.63) is 45.3 Å². The smallest absolute Gasteiger partial charge is 0.250 e. The topological polar surface area (TPSA) is 51.5 Å². The first-order valence-electron chi connectivity index (χ1n) is 5.81. The summed E-state index contributed by atoms with van der Waals surface area (Å²) in [4.78, 5) is 23.4. The number of rotatable bonds is 1. The van der Waals surface area contributed by atoms with E-state index in [-0.39, 0.29) is 22.5 Å². The van der Waals surface area contributed by atoms with E-state index in [0.717, 1.165) is 4.47 Å². The van der Waals surface area contributed by atoms with Crippen molar-refractivity contribution in [3.8, 4) is 0 Å². The van der Waals surface area contributed by atoms with E-state index in [0.29, 0.717) is 0 Å². The third kappa shape index (κ3) is 4.57. The van der Waals surface area contributed by atoms with Gasteiger partial charge in [-0.3, -0.25) is 9.59 Å². The minimum Gasteiger partial charge on any atom is -0.360 e. The van der Waals surface area contributed by atoms with Crippen LogP contribution in [0.25, 0.3) is 0 Å². The Hall–Kier alpha value is -0.920. The number of hydrogen-bond acceptors (Lipinski definition) is 3. The van der Waals surface area contributed by atoms with Gasteiger partial charge in [0.15, 0.2) is 0 Å². The zero-order chi connectivity index (χ0) is 15.3. The molecule has 0 radical (unpaired) electrons. The molecule has 0 aliphatic carbocycles. The lowest BCUT2D eigenvalue weighted by atomic mass is 10.2. The van der Waals surface area contributed by atoms with E-state index < -0.39 is 0 Å². The molecule has 1 aliphatic heterocycles. The van der Waals surface area contributed by atoms with Crippen LogP contribution in [0.5, 0.6) is 0 Å². The van der Waals surface area contributed by atoms with Crippen LogP contribution >= 0.6 is 31.9 Å². The molecule has 0 fully saturated rings. The zero-order valence-electron chi connectivity index (χ0n) is 11.4. The predicted octanol–water partition coefficient (Wildman–Crippen LogP) is 1.90. The molecular weight excluding hydrogens is 392 g/mol. The second-order valence-electron chi connectivity index (χ2n) is 4.18. The number of methoxy groups -OCH3 is 1. The average molecular weight is 408 g/mol. The van der Waals surface area contributed by atoms with E-state index in [9.17, 15) is 9.59 Å². The van der Waals surface area contributed by atoms with Gasteiger partial charge in [0.1, 0.15) is 6.23 Å². The summed E-state index contributed by atoms with van der Waals surface area (Å²) in [6.07, 6.45) is 4.86. The zero-order valence-corrected chi connectivity index (χ0v) is 14.6. The fourth-order valence-electron chi connectivity index (χ4n) is 1.57. The Morgan fingerprint density at radius 3 is 2.35 bits per heavy atom. The third-order valence-corrected chi connectivity index (χ3v) is 3.94. The summed E-state index contributed by atoms with van der Waals surface area (Å²) in [5.41, 5.74) is 0.0122. The fourth-order valence-corrected chi connectivity index (χ4v) is 2.74. The van der Waals surface area contributed by atoms with Crippen molar-refractivity contribution in [1.82, 2.24) is 9.47 Å². The molecule has 2 rings (SSSR count). The lowest BCUT2D eigenvalue weighted by molar-refractivity contribution is -0.136. The quantitative estimate of drug-likeness (QED) is 0.668. The van der Waals surface area contributed by atoms with Gasteiger partial charge in [0, 0.05) is 44.0 Å². The standard InChI is InChI=1S/C7H10BrNO2.C6H6BrNO/c1-9-6(10)4-3-5(8)7(9)11-2;1-8-4-5(7)2-3-6(8)9/h3-5,7H,1-2H3;2-4H,1H3. The molecule has 1 aromatic rings. The Bertz CT molecular complexity index is 557. The summed E-state index contributed by atoms with van der Waals surface area (Å²) >= 11 is 6.61. The van der Waals surface area contributed by atoms with Gasteiger partial charge in [0.25, 0.3) is 0 Å². The first kappa shape index (κ1) is 17.1. The number of alkyl halides is 1. The van der Waals surface area contributed by atoms with Gasteiger partial charge in [-0.05, 0) is 22.0 Å². The van der Waals surface area contributed by atoms with Crippen LogP contribution in [0.4, 0.5) is 0 Å². The van der Waals surface area contributed by atoms with Crippen LogP contribution in [0.3, 0.4) is 0 Å². The van der Waals surface area contributed by atoms with Crippen molar-refractivity contribution < 1.29 is 9.53 Å². The summed E-state index contributed by atoms with van der Waals surface area (Å²) in [6, 6.07) is 3.24. The number of aryl methyl sites for hydroxylation is 1. The largest absolute Gasteiger partial charge is 0.360 e. The van der Waals surface area contributed by atoms with Crippen LogP contribution in [-0.4, -0.2) is 40.6 Å². The first-order valence-corrected chi connectivity index (χ1v) is 7.51. The summed E-state index contributed by atoms with van der Waals surface area (Å²) in [5.74, 6) is -0.0208. The maximum Gasteiger partial charge on any atom is 0.250 e. The van der Waals surface area contributed by atoms with E-state index in [1.807, 2.05) is 0 Å². The maximum atomic E-state index is 11.0. The highest BCUT2D eigenvalue weighted by Gasteiger charge is 2.27. The minimum absolute atomic E-state index is 0.0122. The summed E-state index contributed by atoms with van der Waals surface area (Å²) in [5, 5.41) is 0. The molecule has 0 aromatic carbocycles. The Labute approximate surface area is 134 Å². The maximum absolute atomic E-state index is 11.0. The molecule has 1 aromatic heterocycles. The molecule has 1 amide bonds. The molecule has 110 valence electrons. The molecule has 0 saturated carbocycles. The van der Waals surface area contributed by atoms with Crippen molar-refractivity contribution in [2.45, 2.75) is 11.1 Å². The highest BCUT2D eigenvalue weighted by Crippen LogP contribution is 2.18. The van der Waals surface area contributed by atoms with Crippen LogP contribution < -0.4 is 5.56 Å². The number of halogens is 2. The first-order chi connectivity index (χ1) is 9.36. The van der Waals surface area contributed by atoms with E-state index in [2.05, 4.69) is 31.9 Å². The van der Waals surface area contributed by atoms with Crippen molar-refractivity contribution in [3.63, 3.8) is 0 Å². The van der Waals surface area contributed by atoms with E-state index in [1.165, 1.54) is 16.7 Å². The summed E-state index contributed by atoms with van der Waals surface area (Å²) in [7, 11) is 5.02. The van der Waals surface area contributed by atoms with Gasteiger partial charge < -0.3 is 14.2 Å². The van der Waals surface area contributed by atoms with Gasteiger partial charge in [0.2, 0.25) is 11.5 Å². The molecule has 1 aliphatic rings. The van der Waals surface area contributed by atoms with Gasteiger partial charge in [-0.1, -0.05) is 22.0 Å². The Balaban J connectivity index is 0.000000204. The van der Waals surface area contributed by atoms with Gasteiger partial charge >= 0.3 is 0 Å². The lowest BCUT2D eigenvalue weighted by Crippen LogP contribution is -2.45. The molecule has 2 heterocycles. The number of pyridine rings is 1. The molecule has 2 unspecified atom stereocenters. The van der Waals surface area contributed by atoms with Gasteiger partial charge in [-0.2, -0.15) is 0 Å². The van der Waals surface area contributed by atoms with Gasteiger partial charge in [0.05, 0.1) is 4.83 Å². The van der Waals surface area contributed by atoms with E-state index in [1.54, 1.807) is 44.4 Å². The molecule has 7 heteroatoms. The van der Waals surface area contributed by atoms with Crippen LogP contribution in [0.15, 0.2) is 39.7 Å². The molecule has 0 saturated heterocycles. The molecule has 0 spiro atoms. The fraction of sp³-hybridized carbons (Fsp3) is 0.385. The highest BCUT2D eigenvalue weighted by atomic mass is 79.9. The monoisotopic (exact) mass is 406 g/mol. The second-order valence-corrected chi connectivity index (χ2v) is 6.15. The molecule has 20 heavy (non-hydrogen) atoms. The third-order valence-electron chi connectivity index (χ3n) is 2.72. The van der Waals surface area contributed by atoms with Gasteiger partial charge in [-0.25, -0.2) is 0 Å². The van der Waals surface area contributed by atoms with E-state index in [4.69, 9.17) is 4.74 Å². The van der Waals surface area contributed by atoms with Crippen molar-refractivity contribution in [2.24, 2.45) is 7.05 Å². The lowest BCUT2D eigenvalue weighted by Gasteiger charge is -2.31. The number of carbonyl (C=O) groups is 1. The SMILES string of the molecule is COC1C(Br)C=CC(=O)N1C.Cn1cc(Br)ccc1=O. The second kappa shape index (κ2) is 7.75. The number of nitrogens with zero attached hydrogens (tertiary/aromatic N) is 2. The molecule has 0 N–H and O–H groups in total. The minimum atomic E-state index is -0.188. The number of likely N-dealkylation sites (N-methyl/N-ethyl adjacent to an activating group) is 1. The highest BCUT2D eigenvalue weighted by molar-refractivity contribution is 9.10. The normalized spacial score (nSPS) is 21.4. The van der Waals surface area contributed by atoms with Crippen LogP contribution in [-0.2, 0) is 16.6 Å². The summed E-state index contributed by atoms with van der Waals surface area (Å²) in [6.45, 7) is 0. The number of carbonyl (C=O) groups excluding carboxylic acids is 1. The van der Waals surface area contributed by atoms with E-state index >= 15 is 0 Å². The Kier molecular flexibility index (Phi) is 6.64. The Morgan fingerprint density at radius 1 is 1.25 bits per heavy atom. The summed E-state index contributed by atoms with van der Waals surface area (Å²) < 4.78 is 7.53. The van der Waals surface area contributed by atoms with Crippen molar-refractivity contribution >= 4 is 37.8 Å². The average Bonchev–Trinajstić information content (AvgIpc) is 2.40. The van der Waals surface area contributed by atoms with Crippen molar-refractivity contribution in [2.75, 3.05) is 14.2 Å². The Morgan fingerprint density at radius 2 is 1.90 bits per heavy atom. The van der Waals surface area contributed by atoms with Crippen LogP contribution in [0.2, 0.25) is 0 Å². The molecule has 2 atom stereocenters. The molecule has 0 bridgehead atoms. The molecule has 5 nitrogen and oxygen atoms in total. The van der Waals surface area contributed by atoms with Crippen molar-refractivity contribution in [1.29, 1.82) is 0 Å². The van der Waals surface area contributed by atoms with Crippen LogP contribution in [0, 0.1) is 0 Å². The van der Waals surface area contributed by atoms with Crippen LogP contribution in [0.1, 0.15) is 0 Å². The number of aromatic nitrogens is 1.